The zero-order chi connectivity index (χ0) is 13.0. The van der Waals surface area contributed by atoms with E-state index in [1.807, 2.05) is 30.3 Å². The minimum absolute atomic E-state index is 0.0190. The molecule has 1 N–H and O–H groups in total. The Kier molecular flexibility index (Phi) is 4.43. The van der Waals surface area contributed by atoms with Gasteiger partial charge in [0, 0.05) is 5.39 Å². The maximum Gasteiger partial charge on any atom is 0.313 e. The Balaban J connectivity index is 2.08. The molecule has 94 valence electrons. The maximum atomic E-state index is 10.4. The molecule has 0 bridgehead atoms. The smallest absolute Gasteiger partial charge is 0.313 e. The molecule has 1 heterocycles. The molecule has 0 aliphatic rings. The van der Waals surface area contributed by atoms with Crippen LogP contribution in [0.5, 0.6) is 5.88 Å². The summed E-state index contributed by atoms with van der Waals surface area (Å²) < 4.78 is 6.20. The molecule has 6 heteroatoms. The number of thioether (sulfide) groups is 1. The van der Waals surface area contributed by atoms with Crippen molar-refractivity contribution < 1.29 is 14.6 Å². The van der Waals surface area contributed by atoms with Crippen LogP contribution in [0.3, 0.4) is 0 Å². The first kappa shape index (κ1) is 13.2. The average Bonchev–Trinajstić information content (AvgIpc) is 2.34. The fourth-order valence-corrected chi connectivity index (χ4v) is 2.30. The van der Waals surface area contributed by atoms with Crippen molar-refractivity contribution >= 4 is 44.6 Å². The second kappa shape index (κ2) is 6.06. The van der Waals surface area contributed by atoms with Gasteiger partial charge in [0.15, 0.2) is 0 Å². The monoisotopic (exact) mass is 327 g/mol. The lowest BCUT2D eigenvalue weighted by Gasteiger charge is -2.07. The summed E-state index contributed by atoms with van der Waals surface area (Å²) in [5.41, 5.74) is 0.846. The zero-order valence-electron chi connectivity index (χ0n) is 9.30. The molecular formula is C12H10BrNO3S. The number of pyridine rings is 1. The number of carboxylic acid groups (broad SMARTS) is 1. The normalized spacial score (nSPS) is 10.5. The number of aliphatic carboxylic acids is 1. The maximum absolute atomic E-state index is 10.4. The van der Waals surface area contributed by atoms with Crippen molar-refractivity contribution in [2.24, 2.45) is 0 Å². The number of fused-ring (bicyclic) bond motifs is 1. The number of rotatable bonds is 5. The summed E-state index contributed by atoms with van der Waals surface area (Å²) >= 11 is 4.57. The first-order valence-electron chi connectivity index (χ1n) is 5.14. The van der Waals surface area contributed by atoms with E-state index in [9.17, 15) is 4.79 Å². The van der Waals surface area contributed by atoms with Crippen molar-refractivity contribution in [2.45, 2.75) is 0 Å². The highest BCUT2D eigenvalue weighted by Crippen LogP contribution is 2.27. The van der Waals surface area contributed by atoms with Crippen molar-refractivity contribution in [3.63, 3.8) is 0 Å². The number of hydrogen-bond donors (Lipinski definition) is 1. The van der Waals surface area contributed by atoms with Crippen molar-refractivity contribution in [3.8, 4) is 5.88 Å². The van der Waals surface area contributed by atoms with Crippen LogP contribution in [-0.4, -0.2) is 27.8 Å². The summed E-state index contributed by atoms with van der Waals surface area (Å²) in [6.45, 7) is 0. The van der Waals surface area contributed by atoms with Crippen molar-refractivity contribution in [1.29, 1.82) is 0 Å². The summed E-state index contributed by atoms with van der Waals surface area (Å²) in [5.74, 6) is -0.0951. The van der Waals surface area contributed by atoms with E-state index >= 15 is 0 Å². The number of hydrogen-bond acceptors (Lipinski definition) is 4. The third-order valence-electron chi connectivity index (χ3n) is 2.15. The van der Waals surface area contributed by atoms with Gasteiger partial charge in [-0.3, -0.25) is 4.79 Å². The van der Waals surface area contributed by atoms with Crippen molar-refractivity contribution in [1.82, 2.24) is 4.98 Å². The number of ether oxygens (including phenoxy) is 1. The van der Waals surface area contributed by atoms with Crippen molar-refractivity contribution in [3.05, 3.63) is 34.8 Å². The number of benzene rings is 1. The molecular weight excluding hydrogens is 318 g/mol. The quantitative estimate of drug-likeness (QED) is 0.675. The van der Waals surface area contributed by atoms with Gasteiger partial charge >= 0.3 is 5.97 Å². The van der Waals surface area contributed by atoms with E-state index < -0.39 is 5.97 Å². The Morgan fingerprint density at radius 2 is 2.22 bits per heavy atom. The molecule has 0 radical (unpaired) electrons. The van der Waals surface area contributed by atoms with Crippen LogP contribution < -0.4 is 4.74 Å². The van der Waals surface area contributed by atoms with E-state index in [-0.39, 0.29) is 11.7 Å². The van der Waals surface area contributed by atoms with E-state index in [1.165, 1.54) is 11.8 Å². The summed E-state index contributed by atoms with van der Waals surface area (Å²) in [6, 6.07) is 9.65. The third-order valence-corrected chi connectivity index (χ3v) is 3.45. The molecule has 0 spiro atoms. The Labute approximate surface area is 116 Å². The van der Waals surface area contributed by atoms with E-state index in [1.54, 1.807) is 0 Å². The third kappa shape index (κ3) is 3.36. The highest BCUT2D eigenvalue weighted by molar-refractivity contribution is 9.10. The Hall–Kier alpha value is -1.27. The van der Waals surface area contributed by atoms with Crippen LogP contribution in [0.1, 0.15) is 0 Å². The fraction of sp³-hybridized carbons (Fsp3) is 0.167. The average molecular weight is 328 g/mol. The van der Waals surface area contributed by atoms with Crippen LogP contribution in [0.2, 0.25) is 0 Å². The van der Waals surface area contributed by atoms with Gasteiger partial charge in [-0.05, 0) is 28.1 Å². The SMILES string of the molecule is O=C(O)CSCOc1nc2ccccc2cc1Br. The molecule has 0 unspecified atom stereocenters. The number of para-hydroxylation sites is 1. The molecule has 1 aromatic carbocycles. The molecule has 2 aromatic rings. The molecule has 0 atom stereocenters. The molecule has 0 aliphatic carbocycles. The van der Waals surface area contributed by atoms with Crippen LogP contribution in [0.15, 0.2) is 34.8 Å². The van der Waals surface area contributed by atoms with Gasteiger partial charge in [-0.1, -0.05) is 18.2 Å². The molecule has 0 aliphatic heterocycles. The highest BCUT2D eigenvalue weighted by Gasteiger charge is 2.06. The summed E-state index contributed by atoms with van der Waals surface area (Å²) in [7, 11) is 0. The lowest BCUT2D eigenvalue weighted by molar-refractivity contribution is -0.133. The largest absolute Gasteiger partial charge is 0.481 e. The van der Waals surface area contributed by atoms with E-state index in [0.717, 1.165) is 15.4 Å². The minimum Gasteiger partial charge on any atom is -0.481 e. The number of aromatic nitrogens is 1. The van der Waals surface area contributed by atoms with Gasteiger partial charge < -0.3 is 9.84 Å². The standard InChI is InChI=1S/C12H10BrNO3S/c13-9-5-8-3-1-2-4-10(8)14-12(9)17-7-18-6-11(15)16/h1-5H,6-7H2,(H,15,16). The fourth-order valence-electron chi connectivity index (χ4n) is 1.40. The molecule has 18 heavy (non-hydrogen) atoms. The number of carboxylic acids is 1. The van der Waals surface area contributed by atoms with E-state index in [2.05, 4.69) is 20.9 Å². The highest BCUT2D eigenvalue weighted by atomic mass is 79.9. The van der Waals surface area contributed by atoms with Gasteiger partial charge in [0.1, 0.15) is 5.94 Å². The van der Waals surface area contributed by atoms with Crippen LogP contribution in [-0.2, 0) is 4.79 Å². The predicted octanol–water partition coefficient (Wildman–Crippen LogP) is 3.15. The summed E-state index contributed by atoms with van der Waals surface area (Å²) in [6.07, 6.45) is 0. The van der Waals surface area contributed by atoms with Crippen molar-refractivity contribution in [2.75, 3.05) is 11.7 Å². The van der Waals surface area contributed by atoms with Gasteiger partial charge in [-0.2, -0.15) is 0 Å². The number of carbonyl (C=O) groups is 1. The summed E-state index contributed by atoms with van der Waals surface area (Å²) in [4.78, 5) is 14.7. The van der Waals surface area contributed by atoms with Crippen LogP contribution in [0.4, 0.5) is 0 Å². The summed E-state index contributed by atoms with van der Waals surface area (Å²) in [5, 5.41) is 9.53. The first-order chi connectivity index (χ1) is 8.66. The topological polar surface area (TPSA) is 59.4 Å². The molecule has 4 nitrogen and oxygen atoms in total. The Bertz CT molecular complexity index is 576. The van der Waals surface area contributed by atoms with E-state index in [0.29, 0.717) is 5.88 Å². The zero-order valence-corrected chi connectivity index (χ0v) is 11.7. The lowest BCUT2D eigenvalue weighted by atomic mass is 10.2. The van der Waals surface area contributed by atoms with Gasteiger partial charge in [0.2, 0.25) is 5.88 Å². The molecule has 0 amide bonds. The van der Waals surface area contributed by atoms with Gasteiger partial charge in [0.25, 0.3) is 0 Å². The van der Waals surface area contributed by atoms with Crippen LogP contribution >= 0.6 is 27.7 Å². The Morgan fingerprint density at radius 1 is 1.44 bits per heavy atom. The molecule has 2 rings (SSSR count). The Morgan fingerprint density at radius 3 is 3.00 bits per heavy atom. The molecule has 0 fully saturated rings. The van der Waals surface area contributed by atoms with Crippen LogP contribution in [0, 0.1) is 0 Å². The predicted molar refractivity (Wildman–Crippen MR) is 75.0 cm³/mol. The molecule has 0 saturated carbocycles. The second-order valence-electron chi connectivity index (χ2n) is 3.47. The van der Waals surface area contributed by atoms with E-state index in [4.69, 9.17) is 9.84 Å². The van der Waals surface area contributed by atoms with Gasteiger partial charge in [-0.15, -0.1) is 11.8 Å². The molecule has 1 aromatic heterocycles. The first-order valence-corrected chi connectivity index (χ1v) is 7.09. The number of nitrogens with zero attached hydrogens (tertiary/aromatic N) is 1. The number of halogens is 1. The lowest BCUT2D eigenvalue weighted by Crippen LogP contribution is -2.03. The second-order valence-corrected chi connectivity index (χ2v) is 5.26. The van der Waals surface area contributed by atoms with Gasteiger partial charge in [-0.25, -0.2) is 4.98 Å². The van der Waals surface area contributed by atoms with Crippen LogP contribution in [0.25, 0.3) is 10.9 Å². The molecule has 0 saturated heterocycles. The van der Waals surface area contributed by atoms with Gasteiger partial charge in [0.05, 0.1) is 15.7 Å². The minimum atomic E-state index is -0.853.